The number of quaternary nitrogens is 1. The Morgan fingerprint density at radius 1 is 1.31 bits per heavy atom. The zero-order chi connectivity index (χ0) is 11.5. The maximum absolute atomic E-state index is 9.65. The first-order chi connectivity index (χ1) is 7.72. The van der Waals surface area contributed by atoms with Gasteiger partial charge in [0.1, 0.15) is 11.4 Å². The van der Waals surface area contributed by atoms with E-state index in [-0.39, 0.29) is 5.75 Å². The van der Waals surface area contributed by atoms with Crippen molar-refractivity contribution in [1.29, 1.82) is 0 Å². The number of rotatable bonds is 2. The van der Waals surface area contributed by atoms with Gasteiger partial charge < -0.3 is 14.7 Å². The van der Waals surface area contributed by atoms with Crippen LogP contribution in [0.4, 0.5) is 11.4 Å². The molecule has 1 saturated heterocycles. The lowest BCUT2D eigenvalue weighted by molar-refractivity contribution is -0.825. The Hall–Kier alpha value is -0.820. The topological polar surface area (TPSA) is 69.5 Å². The molecule has 88 valence electrons. The molecule has 1 fully saturated rings. The third-order valence-electron chi connectivity index (χ3n) is 2.59. The highest BCUT2D eigenvalue weighted by Crippen LogP contribution is 2.34. The first kappa shape index (κ1) is 11.7. The predicted octanol–water partition coefficient (Wildman–Crippen LogP) is 0.575. The van der Waals surface area contributed by atoms with Crippen LogP contribution in [0.2, 0.25) is 0 Å². The molecule has 0 aliphatic carbocycles. The van der Waals surface area contributed by atoms with Gasteiger partial charge in [-0.1, -0.05) is 0 Å². The van der Waals surface area contributed by atoms with Crippen molar-refractivity contribution in [2.24, 2.45) is 0 Å². The van der Waals surface area contributed by atoms with Crippen molar-refractivity contribution in [3.05, 3.63) is 16.6 Å². The minimum Gasteiger partial charge on any atom is -0.507 e. The highest BCUT2D eigenvalue weighted by molar-refractivity contribution is 9.10. The molecule has 0 unspecified atom stereocenters. The van der Waals surface area contributed by atoms with Gasteiger partial charge in [-0.05, 0) is 15.9 Å². The molecule has 5 nitrogen and oxygen atoms in total. The van der Waals surface area contributed by atoms with Crippen LogP contribution in [0.3, 0.4) is 0 Å². The Kier molecular flexibility index (Phi) is 3.65. The molecular formula is C10H14BrN2O3+. The molecule has 0 spiro atoms. The van der Waals surface area contributed by atoms with Crippen molar-refractivity contribution in [3.8, 4) is 5.75 Å². The Labute approximate surface area is 102 Å². The molecule has 0 radical (unpaired) electrons. The number of nitrogens with zero attached hydrogens (tertiary/aromatic N) is 1. The van der Waals surface area contributed by atoms with Crippen LogP contribution in [-0.2, 0) is 4.74 Å². The number of nitrogens with two attached hydrogens (primary N) is 1. The van der Waals surface area contributed by atoms with Gasteiger partial charge in [-0.15, -0.1) is 0 Å². The molecule has 2 rings (SSSR count). The van der Waals surface area contributed by atoms with Crippen LogP contribution in [0.5, 0.6) is 5.75 Å². The zero-order valence-electron chi connectivity index (χ0n) is 8.69. The van der Waals surface area contributed by atoms with Gasteiger partial charge >= 0.3 is 0 Å². The number of halogens is 1. The van der Waals surface area contributed by atoms with Crippen LogP contribution in [-0.4, -0.2) is 36.6 Å². The van der Waals surface area contributed by atoms with Crippen LogP contribution >= 0.6 is 15.9 Å². The van der Waals surface area contributed by atoms with Crippen molar-refractivity contribution in [3.63, 3.8) is 0 Å². The average molecular weight is 290 g/mol. The lowest BCUT2D eigenvalue weighted by atomic mass is 10.2. The first-order valence-corrected chi connectivity index (χ1v) is 5.84. The van der Waals surface area contributed by atoms with Gasteiger partial charge in [0.2, 0.25) is 0 Å². The van der Waals surface area contributed by atoms with Crippen LogP contribution in [0.15, 0.2) is 16.6 Å². The van der Waals surface area contributed by atoms with Gasteiger partial charge in [0.05, 0.1) is 17.7 Å². The van der Waals surface area contributed by atoms with E-state index in [9.17, 15) is 10.3 Å². The van der Waals surface area contributed by atoms with E-state index in [1.54, 1.807) is 12.1 Å². The third-order valence-corrected chi connectivity index (χ3v) is 3.22. The molecule has 1 heterocycles. The van der Waals surface area contributed by atoms with Gasteiger partial charge in [-0.3, -0.25) is 0 Å². The Bertz CT molecular complexity index is 381. The van der Waals surface area contributed by atoms with E-state index < -0.39 is 0 Å². The molecule has 4 N–H and O–H groups in total. The Morgan fingerprint density at radius 2 is 2.00 bits per heavy atom. The molecule has 1 aromatic carbocycles. The van der Waals surface area contributed by atoms with Gasteiger partial charge in [-0.25, -0.2) is 5.21 Å². The van der Waals surface area contributed by atoms with Gasteiger partial charge in [0.25, 0.3) is 0 Å². The SMILES string of the molecule is O[NH2+]c1cc(Br)c(O)cc1N1CCOCC1. The number of ether oxygens (including phenoxy) is 1. The monoisotopic (exact) mass is 289 g/mol. The number of anilines is 1. The second kappa shape index (κ2) is 5.01. The third kappa shape index (κ3) is 2.30. The van der Waals surface area contributed by atoms with Gasteiger partial charge in [0.15, 0.2) is 5.69 Å². The van der Waals surface area contributed by atoms with E-state index in [2.05, 4.69) is 20.8 Å². The highest BCUT2D eigenvalue weighted by Gasteiger charge is 2.19. The quantitative estimate of drug-likeness (QED) is 0.423. The summed E-state index contributed by atoms with van der Waals surface area (Å²) >= 11 is 3.22. The van der Waals surface area contributed by atoms with Crippen molar-refractivity contribution in [1.82, 2.24) is 0 Å². The minimum atomic E-state index is 0.173. The largest absolute Gasteiger partial charge is 0.507 e. The maximum Gasteiger partial charge on any atom is 0.186 e. The lowest BCUT2D eigenvalue weighted by Crippen LogP contribution is -2.74. The van der Waals surface area contributed by atoms with Crippen molar-refractivity contribution < 1.29 is 20.5 Å². The van der Waals surface area contributed by atoms with Crippen molar-refractivity contribution in [2.45, 2.75) is 0 Å². The fourth-order valence-corrected chi connectivity index (χ4v) is 2.11. The molecule has 1 aromatic rings. The number of morpholine rings is 1. The summed E-state index contributed by atoms with van der Waals surface area (Å²) in [6, 6.07) is 3.34. The second-order valence-corrected chi connectivity index (χ2v) is 4.45. The van der Waals surface area contributed by atoms with Crippen LogP contribution in [0.25, 0.3) is 0 Å². The molecule has 0 amide bonds. The smallest absolute Gasteiger partial charge is 0.186 e. The summed E-state index contributed by atoms with van der Waals surface area (Å²) in [6.45, 7) is 2.87. The van der Waals surface area contributed by atoms with Gasteiger partial charge in [-0.2, -0.15) is 5.48 Å². The summed E-state index contributed by atoms with van der Waals surface area (Å²) in [4.78, 5) is 2.08. The van der Waals surface area contributed by atoms with E-state index in [4.69, 9.17) is 4.74 Å². The maximum atomic E-state index is 9.65. The molecule has 1 aliphatic heterocycles. The minimum absolute atomic E-state index is 0.173. The number of phenols is 1. The summed E-state index contributed by atoms with van der Waals surface area (Å²) in [7, 11) is 0. The van der Waals surface area contributed by atoms with Crippen LogP contribution < -0.4 is 10.4 Å². The summed E-state index contributed by atoms with van der Waals surface area (Å²) in [5.74, 6) is 0.173. The molecular weight excluding hydrogens is 276 g/mol. The number of phenolic OH excluding ortho intramolecular Hbond substituents is 1. The summed E-state index contributed by atoms with van der Waals surface area (Å²) in [5, 5.41) is 18.8. The van der Waals surface area contributed by atoms with Crippen molar-refractivity contribution >= 4 is 27.3 Å². The fraction of sp³-hybridized carbons (Fsp3) is 0.400. The molecule has 0 saturated carbocycles. The molecule has 1 aliphatic rings. The standard InChI is InChI=1S/C10H13BrN2O3/c11-7-5-8(12-15)9(6-10(7)14)13-1-3-16-4-2-13/h5-6,12,14-15H,1-4H2/p+1. The first-order valence-electron chi connectivity index (χ1n) is 5.05. The molecule has 0 aromatic heterocycles. The van der Waals surface area contributed by atoms with E-state index >= 15 is 0 Å². The summed E-state index contributed by atoms with van der Waals surface area (Å²) in [6.07, 6.45) is 0. The molecule has 0 atom stereocenters. The number of hydrogen-bond donors (Lipinski definition) is 3. The van der Waals surface area contributed by atoms with Crippen LogP contribution in [0, 0.1) is 0 Å². The summed E-state index contributed by atoms with van der Waals surface area (Å²) < 4.78 is 5.84. The highest BCUT2D eigenvalue weighted by atomic mass is 79.9. The number of hydrogen-bond acceptors (Lipinski definition) is 4. The number of benzene rings is 1. The average Bonchev–Trinajstić information content (AvgIpc) is 2.33. The predicted molar refractivity (Wildman–Crippen MR) is 62.2 cm³/mol. The van der Waals surface area contributed by atoms with E-state index in [0.717, 1.165) is 24.3 Å². The fourth-order valence-electron chi connectivity index (χ4n) is 1.75. The Morgan fingerprint density at radius 3 is 2.62 bits per heavy atom. The lowest BCUT2D eigenvalue weighted by Gasteiger charge is -2.29. The van der Waals surface area contributed by atoms with Crippen LogP contribution in [0.1, 0.15) is 0 Å². The number of aromatic hydroxyl groups is 1. The van der Waals surface area contributed by atoms with E-state index in [0.29, 0.717) is 23.4 Å². The van der Waals surface area contributed by atoms with E-state index in [1.807, 2.05) is 0 Å². The van der Waals surface area contributed by atoms with E-state index in [1.165, 1.54) is 0 Å². The van der Waals surface area contributed by atoms with Gasteiger partial charge in [0, 0.05) is 25.2 Å². The zero-order valence-corrected chi connectivity index (χ0v) is 10.3. The Balaban J connectivity index is 2.33. The van der Waals surface area contributed by atoms with Crippen molar-refractivity contribution in [2.75, 3.05) is 31.2 Å². The summed E-state index contributed by atoms with van der Waals surface area (Å²) in [5.41, 5.74) is 2.56. The second-order valence-electron chi connectivity index (χ2n) is 3.59. The molecule has 6 heteroatoms. The molecule has 16 heavy (non-hydrogen) atoms. The molecule has 0 bridgehead atoms. The normalized spacial score (nSPS) is 16.5.